The van der Waals surface area contributed by atoms with Gasteiger partial charge in [0.15, 0.2) is 5.60 Å². The fourth-order valence-electron chi connectivity index (χ4n) is 4.54. The number of nitrogens with zero attached hydrogens (tertiary/aromatic N) is 2. The molecule has 0 radical (unpaired) electrons. The highest BCUT2D eigenvalue weighted by Gasteiger charge is 2.59. The molecule has 5 rings (SSSR count). The number of rotatable bonds is 3. The van der Waals surface area contributed by atoms with Gasteiger partial charge in [0, 0.05) is 64.6 Å². The molecule has 1 fully saturated rings. The van der Waals surface area contributed by atoms with Crippen LogP contribution in [0, 0.1) is 11.8 Å². The van der Waals surface area contributed by atoms with Crippen molar-refractivity contribution in [1.82, 2.24) is 9.88 Å². The van der Waals surface area contributed by atoms with E-state index >= 15 is 0 Å². The molecule has 2 N–H and O–H groups in total. The van der Waals surface area contributed by atoms with Crippen molar-refractivity contribution in [3.05, 3.63) is 92.4 Å². The normalized spacial score (nSPS) is 21.7. The summed E-state index contributed by atoms with van der Waals surface area (Å²) in [5.41, 5.74) is 1.44. The smallest absolute Gasteiger partial charge is 0.388 e. The molecular formula is C29H24ClF3N2O2S. The van der Waals surface area contributed by atoms with Gasteiger partial charge in [-0.1, -0.05) is 47.9 Å². The summed E-state index contributed by atoms with van der Waals surface area (Å²) in [6.45, 7) is 0.214. The maximum absolute atomic E-state index is 13.2. The lowest BCUT2D eigenvalue weighted by molar-refractivity contribution is -0.303. The highest BCUT2D eigenvalue weighted by molar-refractivity contribution is 7.12. The zero-order valence-electron chi connectivity index (χ0n) is 20.2. The van der Waals surface area contributed by atoms with Gasteiger partial charge in [-0.2, -0.15) is 13.2 Å². The maximum atomic E-state index is 13.2. The molecular weight excluding hydrogens is 533 g/mol. The van der Waals surface area contributed by atoms with E-state index in [1.807, 2.05) is 60.7 Å². The number of alkyl halides is 3. The number of β-amino-alcohol motifs (C(OH)–C–C–N with tert-alkyl or cyclic N) is 1. The highest BCUT2D eigenvalue weighted by atomic mass is 35.5. The van der Waals surface area contributed by atoms with Crippen LogP contribution in [-0.2, 0) is 13.0 Å². The van der Waals surface area contributed by atoms with E-state index in [4.69, 9.17) is 11.6 Å². The molecule has 2 atom stereocenters. The van der Waals surface area contributed by atoms with E-state index in [0.29, 0.717) is 17.3 Å². The summed E-state index contributed by atoms with van der Waals surface area (Å²) in [5.74, 6) is 6.28. The van der Waals surface area contributed by atoms with E-state index in [2.05, 4.69) is 16.8 Å². The van der Waals surface area contributed by atoms with Gasteiger partial charge in [-0.15, -0.1) is 11.3 Å². The molecule has 0 unspecified atom stereocenters. The van der Waals surface area contributed by atoms with Crippen molar-refractivity contribution in [2.45, 2.75) is 37.3 Å². The predicted molar refractivity (Wildman–Crippen MR) is 144 cm³/mol. The monoisotopic (exact) mass is 556 g/mol. The fraction of sp³-hybridized carbons (Fsp3) is 0.276. The minimum absolute atomic E-state index is 0.0475. The zero-order valence-corrected chi connectivity index (χ0v) is 21.7. The average Bonchev–Trinajstić information content (AvgIpc) is 3.15. The largest absolute Gasteiger partial charge is 0.419 e. The third kappa shape index (κ3) is 5.73. The summed E-state index contributed by atoms with van der Waals surface area (Å²) in [7, 11) is 0. The maximum Gasteiger partial charge on any atom is 0.419 e. The quantitative estimate of drug-likeness (QED) is 0.396. The van der Waals surface area contributed by atoms with Crippen molar-refractivity contribution in [2.75, 3.05) is 13.1 Å². The van der Waals surface area contributed by atoms with Gasteiger partial charge in [0.05, 0.1) is 0 Å². The molecule has 1 aliphatic heterocycles. The number of hydrogen-bond donors (Lipinski definition) is 2. The van der Waals surface area contributed by atoms with Crippen LogP contribution in [0.4, 0.5) is 13.2 Å². The number of benzene rings is 1. The van der Waals surface area contributed by atoms with Crippen LogP contribution in [-0.4, -0.2) is 51.1 Å². The van der Waals surface area contributed by atoms with Crippen molar-refractivity contribution in [2.24, 2.45) is 0 Å². The van der Waals surface area contributed by atoms with Crippen LogP contribution >= 0.6 is 22.9 Å². The van der Waals surface area contributed by atoms with E-state index < -0.39 is 24.3 Å². The minimum atomic E-state index is -4.86. The third-order valence-electron chi connectivity index (χ3n) is 6.74. The molecule has 1 aromatic carbocycles. The number of likely N-dealkylation sites (tertiary alicyclic amines) is 1. The van der Waals surface area contributed by atoms with Gasteiger partial charge in [-0.05, 0) is 47.4 Å². The van der Waals surface area contributed by atoms with Crippen LogP contribution in [0.2, 0.25) is 5.02 Å². The Kier molecular flexibility index (Phi) is 7.49. The van der Waals surface area contributed by atoms with E-state index in [-0.39, 0.29) is 13.1 Å². The van der Waals surface area contributed by atoms with Crippen LogP contribution in [0.25, 0.3) is 17.2 Å². The number of aromatic nitrogens is 1. The summed E-state index contributed by atoms with van der Waals surface area (Å²) >= 11 is 7.55. The summed E-state index contributed by atoms with van der Waals surface area (Å²) in [6.07, 6.45) is 1.22. The third-order valence-corrected chi connectivity index (χ3v) is 8.15. The summed E-state index contributed by atoms with van der Waals surface area (Å²) in [5, 5.41) is 20.6. The molecule has 3 heterocycles. The molecule has 1 aliphatic carbocycles. The Labute approximate surface area is 227 Å². The second-order valence-corrected chi connectivity index (χ2v) is 11.1. The molecule has 2 aliphatic rings. The van der Waals surface area contributed by atoms with E-state index in [1.165, 1.54) is 0 Å². The summed E-state index contributed by atoms with van der Waals surface area (Å²) < 4.78 is 39.5. The van der Waals surface area contributed by atoms with Gasteiger partial charge in [0.1, 0.15) is 11.8 Å². The number of hydrogen-bond acceptors (Lipinski definition) is 5. The predicted octanol–water partition coefficient (Wildman–Crippen LogP) is 5.87. The van der Waals surface area contributed by atoms with E-state index in [1.54, 1.807) is 22.4 Å². The van der Waals surface area contributed by atoms with E-state index in [9.17, 15) is 23.4 Å². The number of allylic oxidation sites excluding steroid dienone is 3. The van der Waals surface area contributed by atoms with Crippen molar-refractivity contribution in [1.29, 1.82) is 0 Å². The van der Waals surface area contributed by atoms with Crippen molar-refractivity contribution >= 4 is 29.0 Å². The fourth-order valence-corrected chi connectivity index (χ4v) is 5.83. The Hall–Kier alpha value is -2.93. The Bertz CT molecular complexity index is 1440. The molecule has 0 spiro atoms. The van der Waals surface area contributed by atoms with Crippen molar-refractivity contribution < 1.29 is 23.4 Å². The van der Waals surface area contributed by atoms with Gasteiger partial charge < -0.3 is 10.2 Å². The van der Waals surface area contributed by atoms with Gasteiger partial charge in [-0.25, -0.2) is 4.98 Å². The van der Waals surface area contributed by atoms with Gasteiger partial charge in [0.2, 0.25) is 0 Å². The first-order chi connectivity index (χ1) is 18.1. The molecule has 2 aromatic heterocycles. The lowest BCUT2D eigenvalue weighted by atomic mass is 9.88. The zero-order chi connectivity index (χ0) is 26.9. The average molecular weight is 557 g/mol. The second-order valence-electron chi connectivity index (χ2n) is 9.41. The minimum Gasteiger partial charge on any atom is -0.388 e. The first kappa shape index (κ1) is 26.7. The molecule has 0 amide bonds. The Morgan fingerprint density at radius 3 is 2.58 bits per heavy atom. The SMILES string of the molecule is O[C@@H]1CN(Cc2cc3c(s2)CC=CC(C#Cc2ccc(-c4ccc(Cl)cc4)cn2)=C3)CC[C@@]1(O)C(F)(F)F. The summed E-state index contributed by atoms with van der Waals surface area (Å²) in [4.78, 5) is 8.33. The van der Waals surface area contributed by atoms with Gasteiger partial charge in [-0.3, -0.25) is 4.90 Å². The molecule has 4 nitrogen and oxygen atoms in total. The number of halogens is 4. The van der Waals surface area contributed by atoms with Gasteiger partial charge >= 0.3 is 6.18 Å². The molecule has 38 heavy (non-hydrogen) atoms. The second kappa shape index (κ2) is 10.7. The first-order valence-electron chi connectivity index (χ1n) is 12.0. The van der Waals surface area contributed by atoms with Crippen LogP contribution in [0.1, 0.15) is 27.4 Å². The van der Waals surface area contributed by atoms with Crippen molar-refractivity contribution in [3.8, 4) is 23.0 Å². The number of fused-ring (bicyclic) bond motifs is 1. The lowest BCUT2D eigenvalue weighted by Crippen LogP contribution is -2.62. The summed E-state index contributed by atoms with van der Waals surface area (Å²) in [6, 6.07) is 13.4. The standard InChI is InChI=1S/C29H24ClF3N2O2S/c30-23-8-5-20(6-9-23)21-7-11-24(34-16-21)10-4-19-2-1-3-26-22(14-19)15-25(38-26)17-35-13-12-28(37,27(36)18-35)29(31,32)33/h1-2,5-9,11,14-16,27,36-37H,3,12-13,17-18H2/t27-,28+/m1/s1. The molecule has 196 valence electrons. The van der Waals surface area contributed by atoms with E-state index in [0.717, 1.165) is 38.4 Å². The topological polar surface area (TPSA) is 56.6 Å². The number of thiophene rings is 1. The number of aliphatic hydroxyl groups is 2. The van der Waals surface area contributed by atoms with Crippen LogP contribution < -0.4 is 0 Å². The Balaban J connectivity index is 1.26. The molecule has 0 saturated carbocycles. The van der Waals surface area contributed by atoms with Crippen molar-refractivity contribution in [3.63, 3.8) is 0 Å². The molecule has 9 heteroatoms. The highest BCUT2D eigenvalue weighted by Crippen LogP contribution is 2.39. The molecule has 1 saturated heterocycles. The van der Waals surface area contributed by atoms with Crippen LogP contribution in [0.5, 0.6) is 0 Å². The number of piperidine rings is 1. The van der Waals surface area contributed by atoms with Gasteiger partial charge in [0.25, 0.3) is 0 Å². The van der Waals surface area contributed by atoms with Crippen LogP contribution in [0.3, 0.4) is 0 Å². The van der Waals surface area contributed by atoms with Crippen LogP contribution in [0.15, 0.2) is 66.4 Å². The Morgan fingerprint density at radius 1 is 1.13 bits per heavy atom. The molecule has 3 aromatic rings. The lowest BCUT2D eigenvalue weighted by Gasteiger charge is -2.42. The molecule has 0 bridgehead atoms. The Morgan fingerprint density at radius 2 is 1.89 bits per heavy atom. The first-order valence-corrected chi connectivity index (χ1v) is 13.2. The number of aliphatic hydroxyl groups excluding tert-OH is 1. The number of pyridine rings is 1.